The molecule has 1 fully saturated rings. The summed E-state index contributed by atoms with van der Waals surface area (Å²) in [6, 6.07) is 7.38. The van der Waals surface area contributed by atoms with Crippen molar-refractivity contribution in [2.45, 2.75) is 40.0 Å². The van der Waals surface area contributed by atoms with Gasteiger partial charge in [-0.25, -0.2) is 5.43 Å². The SMILES string of the molecule is CCN1CCN(C(=O)c2oc3c(c2C)/C(=N/NC(=O)c2ccc(C)cc2)CCC3)CC1. The zero-order valence-electron chi connectivity index (χ0n) is 18.5. The number of aryl methyl sites for hydroxylation is 2. The van der Waals surface area contributed by atoms with E-state index in [1.807, 2.05) is 30.9 Å². The number of hydrogen-bond acceptors (Lipinski definition) is 5. The maximum Gasteiger partial charge on any atom is 0.289 e. The number of carbonyl (C=O) groups is 2. The first-order valence-corrected chi connectivity index (χ1v) is 11.1. The number of benzene rings is 1. The summed E-state index contributed by atoms with van der Waals surface area (Å²) in [5.74, 6) is 0.911. The van der Waals surface area contributed by atoms with Crippen LogP contribution in [0.4, 0.5) is 0 Å². The number of carbonyl (C=O) groups excluding carboxylic acids is 2. The number of nitrogens with zero attached hydrogens (tertiary/aromatic N) is 3. The second-order valence-electron chi connectivity index (χ2n) is 8.30. The Bertz CT molecular complexity index is 999. The van der Waals surface area contributed by atoms with Crippen LogP contribution in [0.3, 0.4) is 0 Å². The van der Waals surface area contributed by atoms with Gasteiger partial charge >= 0.3 is 0 Å². The molecule has 4 rings (SSSR count). The third-order valence-electron chi connectivity index (χ3n) is 6.23. The number of likely N-dealkylation sites (N-methyl/N-ethyl adjacent to an activating group) is 1. The summed E-state index contributed by atoms with van der Waals surface area (Å²) in [6.07, 6.45) is 2.39. The summed E-state index contributed by atoms with van der Waals surface area (Å²) in [7, 11) is 0. The van der Waals surface area contributed by atoms with Crippen LogP contribution < -0.4 is 5.43 Å². The van der Waals surface area contributed by atoms with Crippen molar-refractivity contribution < 1.29 is 14.0 Å². The van der Waals surface area contributed by atoms with Gasteiger partial charge in [0, 0.05) is 49.3 Å². The van der Waals surface area contributed by atoms with Crippen LogP contribution in [0.1, 0.15) is 63.1 Å². The van der Waals surface area contributed by atoms with E-state index >= 15 is 0 Å². The average molecular weight is 423 g/mol. The van der Waals surface area contributed by atoms with Crippen molar-refractivity contribution in [3.05, 3.63) is 58.0 Å². The lowest BCUT2D eigenvalue weighted by atomic mass is 9.93. The van der Waals surface area contributed by atoms with Gasteiger partial charge in [-0.05, 0) is 45.4 Å². The fourth-order valence-electron chi connectivity index (χ4n) is 4.28. The second-order valence-corrected chi connectivity index (χ2v) is 8.30. The average Bonchev–Trinajstić information content (AvgIpc) is 3.14. The van der Waals surface area contributed by atoms with Crippen LogP contribution in [-0.4, -0.2) is 60.0 Å². The number of hydrazone groups is 1. The molecule has 0 saturated carbocycles. The van der Waals surface area contributed by atoms with Crippen LogP contribution in [0.25, 0.3) is 0 Å². The Morgan fingerprint density at radius 1 is 1.06 bits per heavy atom. The first kappa shape index (κ1) is 21.3. The van der Waals surface area contributed by atoms with Gasteiger partial charge in [0.15, 0.2) is 5.76 Å². The van der Waals surface area contributed by atoms with Crippen molar-refractivity contribution in [1.82, 2.24) is 15.2 Å². The molecule has 1 saturated heterocycles. The molecular formula is C24H30N4O3. The molecule has 164 valence electrons. The third kappa shape index (κ3) is 4.42. The van der Waals surface area contributed by atoms with Gasteiger partial charge in [0.2, 0.25) is 0 Å². The largest absolute Gasteiger partial charge is 0.455 e. The minimum atomic E-state index is -0.245. The number of hydrogen-bond donors (Lipinski definition) is 1. The minimum absolute atomic E-state index is 0.0503. The molecule has 1 aliphatic carbocycles. The molecule has 2 aliphatic rings. The molecule has 1 aromatic heterocycles. The lowest BCUT2D eigenvalue weighted by molar-refractivity contribution is 0.0609. The van der Waals surface area contributed by atoms with E-state index in [1.165, 1.54) is 0 Å². The van der Waals surface area contributed by atoms with Crippen molar-refractivity contribution >= 4 is 17.5 Å². The topological polar surface area (TPSA) is 78.2 Å². The molecule has 1 aromatic carbocycles. The third-order valence-corrected chi connectivity index (χ3v) is 6.23. The van der Waals surface area contributed by atoms with Crippen molar-refractivity contribution in [2.75, 3.05) is 32.7 Å². The van der Waals surface area contributed by atoms with E-state index in [1.54, 1.807) is 12.1 Å². The van der Waals surface area contributed by atoms with Gasteiger partial charge in [-0.15, -0.1) is 0 Å². The lowest BCUT2D eigenvalue weighted by Crippen LogP contribution is -2.48. The van der Waals surface area contributed by atoms with Crippen molar-refractivity contribution in [3.63, 3.8) is 0 Å². The van der Waals surface area contributed by atoms with Crippen LogP contribution in [0.5, 0.6) is 0 Å². The summed E-state index contributed by atoms with van der Waals surface area (Å²) in [6.45, 7) is 10.2. The first-order valence-electron chi connectivity index (χ1n) is 11.1. The van der Waals surface area contributed by atoms with Gasteiger partial charge in [-0.1, -0.05) is 24.6 Å². The molecule has 0 spiro atoms. The van der Waals surface area contributed by atoms with E-state index in [-0.39, 0.29) is 11.8 Å². The van der Waals surface area contributed by atoms with Gasteiger partial charge in [-0.3, -0.25) is 9.59 Å². The van der Waals surface area contributed by atoms with E-state index in [0.717, 1.165) is 67.1 Å². The highest BCUT2D eigenvalue weighted by atomic mass is 16.4. The highest BCUT2D eigenvalue weighted by molar-refractivity contribution is 6.07. The molecule has 0 unspecified atom stereocenters. The highest BCUT2D eigenvalue weighted by Gasteiger charge is 2.31. The van der Waals surface area contributed by atoms with Crippen LogP contribution in [0.2, 0.25) is 0 Å². The fraction of sp³-hybridized carbons (Fsp3) is 0.458. The molecule has 1 N–H and O–H groups in total. The van der Waals surface area contributed by atoms with Gasteiger partial charge in [0.25, 0.3) is 11.8 Å². The summed E-state index contributed by atoms with van der Waals surface area (Å²) >= 11 is 0. The van der Waals surface area contributed by atoms with Gasteiger partial charge in [-0.2, -0.15) is 5.10 Å². The van der Waals surface area contributed by atoms with E-state index < -0.39 is 0 Å². The van der Waals surface area contributed by atoms with Crippen LogP contribution in [-0.2, 0) is 6.42 Å². The molecule has 0 bridgehead atoms. The molecule has 31 heavy (non-hydrogen) atoms. The molecular weight excluding hydrogens is 392 g/mol. The minimum Gasteiger partial charge on any atom is -0.455 e. The standard InChI is InChI=1S/C24H30N4O3/c1-4-27-12-14-28(15-13-27)24(30)22-17(3)21-19(6-5-7-20(21)31-22)25-26-23(29)18-10-8-16(2)9-11-18/h8-11H,4-7,12-15H2,1-3H3,(H,26,29)/b25-19+. The van der Waals surface area contributed by atoms with Crippen LogP contribution >= 0.6 is 0 Å². The monoisotopic (exact) mass is 422 g/mol. The normalized spacial score (nSPS) is 18.2. The quantitative estimate of drug-likeness (QED) is 0.768. The number of piperazine rings is 1. The molecule has 7 heteroatoms. The first-order chi connectivity index (χ1) is 15.0. The Morgan fingerprint density at radius 2 is 1.77 bits per heavy atom. The Labute approximate surface area is 183 Å². The molecule has 0 radical (unpaired) electrons. The van der Waals surface area contributed by atoms with Gasteiger partial charge in [0.1, 0.15) is 5.76 Å². The van der Waals surface area contributed by atoms with Crippen molar-refractivity contribution in [1.29, 1.82) is 0 Å². The maximum absolute atomic E-state index is 13.1. The molecule has 1 aliphatic heterocycles. The smallest absolute Gasteiger partial charge is 0.289 e. The van der Waals surface area contributed by atoms with E-state index in [0.29, 0.717) is 24.4 Å². The van der Waals surface area contributed by atoms with E-state index in [2.05, 4.69) is 22.4 Å². The number of amides is 2. The maximum atomic E-state index is 13.1. The number of nitrogens with one attached hydrogen (secondary N) is 1. The van der Waals surface area contributed by atoms with Crippen LogP contribution in [0, 0.1) is 13.8 Å². The zero-order chi connectivity index (χ0) is 22.0. The predicted molar refractivity (Wildman–Crippen MR) is 120 cm³/mol. The molecule has 0 atom stereocenters. The summed E-state index contributed by atoms with van der Waals surface area (Å²) in [4.78, 5) is 29.8. The van der Waals surface area contributed by atoms with Crippen molar-refractivity contribution in [3.8, 4) is 0 Å². The lowest BCUT2D eigenvalue weighted by Gasteiger charge is -2.33. The fourth-order valence-corrected chi connectivity index (χ4v) is 4.28. The van der Waals surface area contributed by atoms with E-state index in [4.69, 9.17) is 4.42 Å². The Balaban J connectivity index is 1.53. The number of fused-ring (bicyclic) bond motifs is 1. The molecule has 2 amide bonds. The summed E-state index contributed by atoms with van der Waals surface area (Å²) in [5.41, 5.74) is 6.82. The van der Waals surface area contributed by atoms with Gasteiger partial charge < -0.3 is 14.2 Å². The second kappa shape index (κ2) is 9.06. The van der Waals surface area contributed by atoms with Gasteiger partial charge in [0.05, 0.1) is 5.71 Å². The zero-order valence-corrected chi connectivity index (χ0v) is 18.5. The summed E-state index contributed by atoms with van der Waals surface area (Å²) < 4.78 is 6.04. The molecule has 2 heterocycles. The summed E-state index contributed by atoms with van der Waals surface area (Å²) in [5, 5.41) is 4.42. The number of rotatable bonds is 4. The molecule has 7 nitrogen and oxygen atoms in total. The Morgan fingerprint density at radius 3 is 2.45 bits per heavy atom. The molecule has 2 aromatic rings. The Kier molecular flexibility index (Phi) is 6.23. The Hall–Kier alpha value is -2.93. The highest BCUT2D eigenvalue weighted by Crippen LogP contribution is 2.30. The predicted octanol–water partition coefficient (Wildman–Crippen LogP) is 3.14. The number of furan rings is 1. The van der Waals surface area contributed by atoms with Crippen LogP contribution in [0.15, 0.2) is 33.8 Å². The van der Waals surface area contributed by atoms with Crippen molar-refractivity contribution in [2.24, 2.45) is 5.10 Å². The van der Waals surface area contributed by atoms with E-state index in [9.17, 15) is 9.59 Å².